The topological polar surface area (TPSA) is 26.3 Å². The van der Waals surface area contributed by atoms with E-state index >= 15 is 0 Å². The van der Waals surface area contributed by atoms with Crippen molar-refractivity contribution in [2.75, 3.05) is 0 Å². The van der Waals surface area contributed by atoms with Crippen molar-refractivity contribution < 1.29 is 9.53 Å². The van der Waals surface area contributed by atoms with Crippen LogP contribution in [0.25, 0.3) is 0 Å². The van der Waals surface area contributed by atoms with Crippen molar-refractivity contribution in [3.05, 3.63) is 0 Å². The first-order chi connectivity index (χ1) is 3.66. The Morgan fingerprint density at radius 1 is 1.56 bits per heavy atom. The first kappa shape index (κ1) is 11.7. The average Bonchev–Trinajstić information content (AvgIpc) is 1.65. The number of rotatable bonds is 2. The van der Waals surface area contributed by atoms with E-state index in [-0.39, 0.29) is 29.1 Å². The lowest BCUT2D eigenvalue weighted by atomic mass is 10.4. The summed E-state index contributed by atoms with van der Waals surface area (Å²) >= 11 is 0. The molecule has 3 heteroatoms. The zero-order chi connectivity index (χ0) is 6.57. The molecule has 0 atom stereocenters. The number of halogens is 1. The van der Waals surface area contributed by atoms with E-state index in [9.17, 15) is 4.79 Å². The molecule has 2 nitrogen and oxygen atoms in total. The van der Waals surface area contributed by atoms with Crippen LogP contribution in [0, 0.1) is 0 Å². The highest BCUT2D eigenvalue weighted by Gasteiger charge is 1.98. The number of carbonyl (C=O) groups is 1. The smallest absolute Gasteiger partial charge is 0.305 e. The molecule has 0 aliphatic heterocycles. The number of hydrogen-bond acceptors (Lipinski definition) is 2. The fraction of sp³-hybridized carbons (Fsp3) is 0.833. The predicted octanol–water partition coefficient (Wildman–Crippen LogP) is 1.93. The normalized spacial score (nSPS) is 8.44. The van der Waals surface area contributed by atoms with Crippen molar-refractivity contribution in [1.82, 2.24) is 0 Å². The van der Waals surface area contributed by atoms with Crippen LogP contribution in [-0.2, 0) is 9.53 Å². The maximum absolute atomic E-state index is 10.4. The average molecular weight is 197 g/mol. The Labute approximate surface area is 66.4 Å². The molecule has 0 bridgehead atoms. The Balaban J connectivity index is 0. The molecule has 0 amide bonds. The van der Waals surface area contributed by atoms with Gasteiger partial charge in [-0.1, -0.05) is 6.92 Å². The van der Waals surface area contributed by atoms with Crippen LogP contribution in [0.3, 0.4) is 0 Å². The molecule has 0 aromatic rings. The maximum atomic E-state index is 10.4. The molecule has 0 radical (unpaired) electrons. The molecule has 0 aromatic heterocycles. The SMILES string of the molecule is Br.CCC(=O)OC(C)C. The molecule has 9 heavy (non-hydrogen) atoms. The Bertz CT molecular complexity index is 81.1. The summed E-state index contributed by atoms with van der Waals surface area (Å²) in [5.41, 5.74) is 0. The van der Waals surface area contributed by atoms with E-state index in [0.717, 1.165) is 0 Å². The van der Waals surface area contributed by atoms with E-state index in [0.29, 0.717) is 6.42 Å². The minimum Gasteiger partial charge on any atom is -0.463 e. The molecule has 0 saturated carbocycles. The fourth-order valence-corrected chi connectivity index (χ4v) is 0.346. The molecule has 0 spiro atoms. The van der Waals surface area contributed by atoms with Crippen LogP contribution >= 0.6 is 17.0 Å². The van der Waals surface area contributed by atoms with Crippen LogP contribution in [0.15, 0.2) is 0 Å². The van der Waals surface area contributed by atoms with Gasteiger partial charge in [0.1, 0.15) is 0 Å². The fourth-order valence-electron chi connectivity index (χ4n) is 0.346. The lowest BCUT2D eigenvalue weighted by molar-refractivity contribution is -0.146. The van der Waals surface area contributed by atoms with E-state index < -0.39 is 0 Å². The Hall–Kier alpha value is -0.0500. The Kier molecular flexibility index (Phi) is 7.91. The summed E-state index contributed by atoms with van der Waals surface area (Å²) in [6, 6.07) is 0. The minimum atomic E-state index is -0.125. The molecule has 0 heterocycles. The van der Waals surface area contributed by atoms with Gasteiger partial charge in [-0.2, -0.15) is 0 Å². The molecule has 56 valence electrons. The van der Waals surface area contributed by atoms with E-state index in [4.69, 9.17) is 4.74 Å². The van der Waals surface area contributed by atoms with Gasteiger partial charge in [0.2, 0.25) is 0 Å². The molecule has 0 aromatic carbocycles. The van der Waals surface area contributed by atoms with Crippen molar-refractivity contribution in [2.45, 2.75) is 33.3 Å². The molecule has 0 aliphatic carbocycles. The van der Waals surface area contributed by atoms with Gasteiger partial charge in [0.05, 0.1) is 6.10 Å². The van der Waals surface area contributed by atoms with Gasteiger partial charge in [-0.05, 0) is 13.8 Å². The zero-order valence-electron chi connectivity index (χ0n) is 6.01. The molecular formula is C6H13BrO2. The quantitative estimate of drug-likeness (QED) is 0.632. The van der Waals surface area contributed by atoms with Gasteiger partial charge in [-0.15, -0.1) is 17.0 Å². The van der Waals surface area contributed by atoms with Gasteiger partial charge in [0.25, 0.3) is 0 Å². The van der Waals surface area contributed by atoms with E-state index in [1.165, 1.54) is 0 Å². The lowest BCUT2D eigenvalue weighted by Gasteiger charge is -2.04. The summed E-state index contributed by atoms with van der Waals surface area (Å²) in [4.78, 5) is 10.4. The van der Waals surface area contributed by atoms with E-state index in [1.54, 1.807) is 6.92 Å². The second kappa shape index (κ2) is 6.08. The van der Waals surface area contributed by atoms with Crippen molar-refractivity contribution >= 4 is 23.0 Å². The van der Waals surface area contributed by atoms with E-state index in [2.05, 4.69) is 0 Å². The Morgan fingerprint density at radius 3 is 2.11 bits per heavy atom. The summed E-state index contributed by atoms with van der Waals surface area (Å²) in [7, 11) is 0. The molecule has 0 N–H and O–H groups in total. The van der Waals surface area contributed by atoms with Gasteiger partial charge < -0.3 is 4.74 Å². The van der Waals surface area contributed by atoms with Crippen molar-refractivity contribution in [3.63, 3.8) is 0 Å². The molecular weight excluding hydrogens is 184 g/mol. The van der Waals surface area contributed by atoms with Crippen LogP contribution in [0.1, 0.15) is 27.2 Å². The summed E-state index contributed by atoms with van der Waals surface area (Å²) in [5, 5.41) is 0. The van der Waals surface area contributed by atoms with E-state index in [1.807, 2.05) is 13.8 Å². The molecule has 0 saturated heterocycles. The van der Waals surface area contributed by atoms with Crippen LogP contribution < -0.4 is 0 Å². The highest BCUT2D eigenvalue weighted by atomic mass is 79.9. The van der Waals surface area contributed by atoms with Gasteiger partial charge >= 0.3 is 5.97 Å². The first-order valence-electron chi connectivity index (χ1n) is 2.86. The van der Waals surface area contributed by atoms with Crippen molar-refractivity contribution in [2.24, 2.45) is 0 Å². The first-order valence-corrected chi connectivity index (χ1v) is 2.86. The van der Waals surface area contributed by atoms with Gasteiger partial charge in [-0.25, -0.2) is 0 Å². The summed E-state index contributed by atoms with van der Waals surface area (Å²) in [6.45, 7) is 5.46. The van der Waals surface area contributed by atoms with Gasteiger partial charge in [0.15, 0.2) is 0 Å². The highest BCUT2D eigenvalue weighted by Crippen LogP contribution is 1.90. The van der Waals surface area contributed by atoms with Gasteiger partial charge in [0, 0.05) is 6.42 Å². The van der Waals surface area contributed by atoms with Crippen LogP contribution in [-0.4, -0.2) is 12.1 Å². The standard InChI is InChI=1S/C6H12O2.BrH/c1-4-6(7)8-5(2)3;/h5H,4H2,1-3H3;1H. The number of carbonyl (C=O) groups excluding carboxylic acids is 1. The largest absolute Gasteiger partial charge is 0.463 e. The monoisotopic (exact) mass is 196 g/mol. The summed E-state index contributed by atoms with van der Waals surface area (Å²) < 4.78 is 4.76. The molecule has 0 fully saturated rings. The third kappa shape index (κ3) is 7.95. The second-order valence-corrected chi connectivity index (χ2v) is 1.89. The van der Waals surface area contributed by atoms with Crippen LogP contribution in [0.5, 0.6) is 0 Å². The molecule has 0 aliphatic rings. The summed E-state index contributed by atoms with van der Waals surface area (Å²) in [6.07, 6.45) is 0.500. The lowest BCUT2D eigenvalue weighted by Crippen LogP contribution is -2.09. The number of hydrogen-bond donors (Lipinski definition) is 0. The Morgan fingerprint density at radius 2 is 2.00 bits per heavy atom. The van der Waals surface area contributed by atoms with Crippen molar-refractivity contribution in [1.29, 1.82) is 0 Å². The highest BCUT2D eigenvalue weighted by molar-refractivity contribution is 8.93. The van der Waals surface area contributed by atoms with Crippen molar-refractivity contribution in [3.8, 4) is 0 Å². The number of ether oxygens (including phenoxy) is 1. The summed E-state index contributed by atoms with van der Waals surface area (Å²) in [5.74, 6) is -0.125. The number of esters is 1. The second-order valence-electron chi connectivity index (χ2n) is 1.89. The predicted molar refractivity (Wildman–Crippen MR) is 41.8 cm³/mol. The minimum absolute atomic E-state index is 0. The third-order valence-corrected chi connectivity index (χ3v) is 0.656. The van der Waals surface area contributed by atoms with Crippen LogP contribution in [0.2, 0.25) is 0 Å². The molecule has 0 unspecified atom stereocenters. The molecule has 0 rings (SSSR count). The van der Waals surface area contributed by atoms with Gasteiger partial charge in [-0.3, -0.25) is 4.79 Å². The maximum Gasteiger partial charge on any atom is 0.305 e. The van der Waals surface area contributed by atoms with Crippen LogP contribution in [0.4, 0.5) is 0 Å². The third-order valence-electron chi connectivity index (χ3n) is 0.656. The zero-order valence-corrected chi connectivity index (χ0v) is 7.72.